The lowest BCUT2D eigenvalue weighted by Gasteiger charge is -2.22. The number of aromatic nitrogens is 1. The number of anilines is 2. The Morgan fingerprint density at radius 3 is 2.81 bits per heavy atom. The molecular formula is C22H24N4O5S. The van der Waals surface area contributed by atoms with E-state index >= 15 is 0 Å². The molecule has 0 bridgehead atoms. The van der Waals surface area contributed by atoms with Crippen molar-refractivity contribution in [3.8, 4) is 5.75 Å². The summed E-state index contributed by atoms with van der Waals surface area (Å²) in [5, 5.41) is 15.9. The van der Waals surface area contributed by atoms with Crippen molar-refractivity contribution >= 4 is 39.9 Å². The molecule has 0 aliphatic heterocycles. The standard InChI is InChI=1S/C22H24N4O5S/c1-4-16-18(14(2)27)12-19(25-26(29)22-23-9-11-32-22)17(21(16)30-3)7-8-20(28)24-13-15-6-5-10-31-15/h5-12,25,29H,4,13H2,1-3H3,(H,24,28)/b8-7+. The topological polar surface area (TPSA) is 117 Å². The van der Waals surface area contributed by atoms with Gasteiger partial charge < -0.3 is 14.5 Å². The van der Waals surface area contributed by atoms with Gasteiger partial charge in [-0.2, -0.15) is 0 Å². The number of benzene rings is 1. The predicted octanol–water partition coefficient (Wildman–Crippen LogP) is 4.06. The molecule has 1 amide bonds. The third-order valence-corrected chi connectivity index (χ3v) is 5.35. The van der Waals surface area contributed by atoms with Gasteiger partial charge >= 0.3 is 0 Å². The molecule has 3 rings (SSSR count). The lowest BCUT2D eigenvalue weighted by molar-refractivity contribution is -0.116. The number of carbonyl (C=O) groups is 2. The van der Waals surface area contributed by atoms with Crippen LogP contribution in [0.4, 0.5) is 10.8 Å². The Hall–Kier alpha value is -3.63. The number of furan rings is 1. The molecule has 2 heterocycles. The molecule has 0 atom stereocenters. The molecule has 1 aromatic carbocycles. The van der Waals surface area contributed by atoms with Gasteiger partial charge in [-0.1, -0.05) is 6.92 Å². The van der Waals surface area contributed by atoms with Gasteiger partial charge in [0.2, 0.25) is 11.0 Å². The van der Waals surface area contributed by atoms with Crippen molar-refractivity contribution in [2.75, 3.05) is 17.7 Å². The zero-order valence-electron chi connectivity index (χ0n) is 17.9. The predicted molar refractivity (Wildman–Crippen MR) is 122 cm³/mol. The first-order chi connectivity index (χ1) is 15.4. The van der Waals surface area contributed by atoms with Gasteiger partial charge in [0.15, 0.2) is 5.78 Å². The number of nitrogens with zero attached hydrogens (tertiary/aromatic N) is 2. The van der Waals surface area contributed by atoms with E-state index in [-0.39, 0.29) is 18.2 Å². The number of ether oxygens (including phenoxy) is 1. The summed E-state index contributed by atoms with van der Waals surface area (Å²) >= 11 is 1.22. The van der Waals surface area contributed by atoms with Crippen LogP contribution < -0.4 is 20.7 Å². The number of amides is 1. The molecule has 32 heavy (non-hydrogen) atoms. The van der Waals surface area contributed by atoms with Crippen LogP contribution >= 0.6 is 11.3 Å². The fourth-order valence-electron chi connectivity index (χ4n) is 3.16. The Bertz CT molecular complexity index is 1090. The number of hydrogen-bond donors (Lipinski definition) is 3. The molecule has 10 heteroatoms. The number of carbonyl (C=O) groups excluding carboxylic acids is 2. The van der Waals surface area contributed by atoms with E-state index in [2.05, 4.69) is 15.7 Å². The van der Waals surface area contributed by atoms with Crippen molar-refractivity contribution < 1.29 is 24.0 Å². The maximum Gasteiger partial charge on any atom is 0.244 e. The molecule has 0 aliphatic carbocycles. The zero-order valence-corrected chi connectivity index (χ0v) is 18.7. The molecular weight excluding hydrogens is 432 g/mol. The van der Waals surface area contributed by atoms with Gasteiger partial charge in [-0.25, -0.2) is 4.98 Å². The van der Waals surface area contributed by atoms with E-state index < -0.39 is 0 Å². The molecule has 3 N–H and O–H groups in total. The van der Waals surface area contributed by atoms with Crippen LogP contribution in [0.5, 0.6) is 5.75 Å². The number of Topliss-reactive ketones (excluding diaryl/α,β-unsaturated/α-hetero) is 1. The van der Waals surface area contributed by atoms with E-state index in [4.69, 9.17) is 9.15 Å². The number of rotatable bonds is 10. The maximum absolute atomic E-state index is 12.3. The Kier molecular flexibility index (Phi) is 7.63. The van der Waals surface area contributed by atoms with Gasteiger partial charge in [0, 0.05) is 34.3 Å². The molecule has 0 spiro atoms. The molecule has 168 valence electrons. The van der Waals surface area contributed by atoms with Crippen LogP contribution in [-0.2, 0) is 17.8 Å². The Labute approximate surface area is 189 Å². The van der Waals surface area contributed by atoms with Gasteiger partial charge in [0.25, 0.3) is 0 Å². The minimum Gasteiger partial charge on any atom is -0.496 e. The summed E-state index contributed by atoms with van der Waals surface area (Å²) < 4.78 is 10.8. The van der Waals surface area contributed by atoms with Crippen LogP contribution in [-0.4, -0.2) is 29.0 Å². The first-order valence-electron chi connectivity index (χ1n) is 9.82. The summed E-state index contributed by atoms with van der Waals surface area (Å²) in [5.41, 5.74) is 4.85. The lowest BCUT2D eigenvalue weighted by Crippen LogP contribution is -2.26. The third kappa shape index (κ3) is 5.34. The summed E-state index contributed by atoms with van der Waals surface area (Å²) in [4.78, 5) is 28.7. The normalized spacial score (nSPS) is 10.9. The zero-order chi connectivity index (χ0) is 23.1. The molecule has 0 fully saturated rings. The number of hydrazine groups is 1. The van der Waals surface area contributed by atoms with Gasteiger partial charge in [-0.3, -0.25) is 20.2 Å². The molecule has 3 aromatic rings. The second-order valence-corrected chi connectivity index (χ2v) is 7.55. The second kappa shape index (κ2) is 10.6. The van der Waals surface area contributed by atoms with Crippen LogP contribution in [0.15, 0.2) is 46.5 Å². The highest BCUT2D eigenvalue weighted by Crippen LogP contribution is 2.36. The van der Waals surface area contributed by atoms with Gasteiger partial charge in [0.05, 0.1) is 25.6 Å². The average molecular weight is 457 g/mol. The monoisotopic (exact) mass is 456 g/mol. The summed E-state index contributed by atoms with van der Waals surface area (Å²) in [6, 6.07) is 5.13. The second-order valence-electron chi connectivity index (χ2n) is 6.68. The molecule has 0 saturated heterocycles. The van der Waals surface area contributed by atoms with Crippen LogP contribution in [0, 0.1) is 0 Å². The van der Waals surface area contributed by atoms with Crippen LogP contribution in [0.25, 0.3) is 6.08 Å². The Morgan fingerprint density at radius 2 is 2.22 bits per heavy atom. The van der Waals surface area contributed by atoms with Gasteiger partial charge in [0.1, 0.15) is 11.5 Å². The van der Waals surface area contributed by atoms with Crippen molar-refractivity contribution in [2.24, 2.45) is 0 Å². The van der Waals surface area contributed by atoms with Crippen molar-refractivity contribution in [3.05, 3.63) is 64.6 Å². The molecule has 9 nitrogen and oxygen atoms in total. The number of thiazole rings is 1. The number of nitrogens with one attached hydrogen (secondary N) is 2. The summed E-state index contributed by atoms with van der Waals surface area (Å²) in [6.45, 7) is 3.62. The molecule has 0 aliphatic rings. The smallest absolute Gasteiger partial charge is 0.244 e. The quantitative estimate of drug-likeness (QED) is 0.238. The van der Waals surface area contributed by atoms with E-state index in [0.717, 1.165) is 5.17 Å². The summed E-state index contributed by atoms with van der Waals surface area (Å²) in [5.74, 6) is 0.577. The third-order valence-electron chi connectivity index (χ3n) is 4.60. The van der Waals surface area contributed by atoms with Crippen LogP contribution in [0.3, 0.4) is 0 Å². The first kappa shape index (κ1) is 23.0. The van der Waals surface area contributed by atoms with E-state index in [1.165, 1.54) is 37.7 Å². The van der Waals surface area contributed by atoms with Crippen molar-refractivity contribution in [2.45, 2.75) is 26.8 Å². The summed E-state index contributed by atoms with van der Waals surface area (Å²) in [6.07, 6.45) is 6.55. The highest BCUT2D eigenvalue weighted by molar-refractivity contribution is 7.13. The highest BCUT2D eigenvalue weighted by atomic mass is 32.1. The molecule has 0 radical (unpaired) electrons. The van der Waals surface area contributed by atoms with Crippen molar-refractivity contribution in [1.82, 2.24) is 10.3 Å². The van der Waals surface area contributed by atoms with E-state index in [9.17, 15) is 14.8 Å². The fourth-order valence-corrected chi connectivity index (χ4v) is 3.67. The number of methoxy groups -OCH3 is 1. The Morgan fingerprint density at radius 1 is 1.41 bits per heavy atom. The Balaban J connectivity index is 1.96. The highest BCUT2D eigenvalue weighted by Gasteiger charge is 2.20. The van der Waals surface area contributed by atoms with Crippen LogP contribution in [0.2, 0.25) is 0 Å². The van der Waals surface area contributed by atoms with Crippen molar-refractivity contribution in [1.29, 1.82) is 0 Å². The first-order valence-corrected chi connectivity index (χ1v) is 10.7. The number of ketones is 1. The molecule has 2 aromatic heterocycles. The van der Waals surface area contributed by atoms with Crippen LogP contribution in [0.1, 0.15) is 41.1 Å². The van der Waals surface area contributed by atoms with E-state index in [1.807, 2.05) is 6.92 Å². The average Bonchev–Trinajstić information content (AvgIpc) is 3.50. The van der Waals surface area contributed by atoms with Crippen molar-refractivity contribution in [3.63, 3.8) is 0 Å². The van der Waals surface area contributed by atoms with Gasteiger partial charge in [-0.15, -0.1) is 16.5 Å². The van der Waals surface area contributed by atoms with Gasteiger partial charge in [-0.05, 0) is 37.6 Å². The largest absolute Gasteiger partial charge is 0.496 e. The molecule has 0 saturated carbocycles. The van der Waals surface area contributed by atoms with E-state index in [1.54, 1.807) is 35.9 Å². The minimum absolute atomic E-state index is 0.145. The number of hydrogen-bond acceptors (Lipinski definition) is 9. The molecule has 0 unspecified atom stereocenters. The van der Waals surface area contributed by atoms with E-state index in [0.29, 0.717) is 45.4 Å². The summed E-state index contributed by atoms with van der Waals surface area (Å²) in [7, 11) is 1.49. The minimum atomic E-state index is -0.344. The fraction of sp³-hybridized carbons (Fsp3) is 0.227. The maximum atomic E-state index is 12.3. The lowest BCUT2D eigenvalue weighted by atomic mass is 9.95. The SMILES string of the molecule is CCc1c(C(C)=O)cc(NN(O)c2nccs2)c(/C=C/C(=O)NCc2ccco2)c1OC.